The molecular weight excluding hydrogens is 344 g/mol. The molecule has 0 saturated carbocycles. The fourth-order valence-corrected chi connectivity index (χ4v) is 7.82. The summed E-state index contributed by atoms with van der Waals surface area (Å²) < 4.78 is 12.1. The van der Waals surface area contributed by atoms with Gasteiger partial charge in [0.1, 0.15) is 0 Å². The van der Waals surface area contributed by atoms with Gasteiger partial charge in [-0.2, -0.15) is 0 Å². The molecule has 0 spiro atoms. The molecule has 26 heavy (non-hydrogen) atoms. The molecule has 0 radical (unpaired) electrons. The van der Waals surface area contributed by atoms with Crippen molar-refractivity contribution >= 4 is 24.7 Å². The summed E-state index contributed by atoms with van der Waals surface area (Å²) in [4.78, 5) is 10.6. The molecule has 0 bridgehead atoms. The predicted octanol–water partition coefficient (Wildman–Crippen LogP) is 3.05. The number of aliphatic carboxylic acids is 1. The van der Waals surface area contributed by atoms with Gasteiger partial charge in [0.2, 0.25) is 0 Å². The topological polar surface area (TPSA) is 55.8 Å². The molecular formula is C21H28O4Si. The number of benzene rings is 2. The summed E-state index contributed by atoms with van der Waals surface area (Å²) in [6.45, 7) is 7.71. The van der Waals surface area contributed by atoms with Gasteiger partial charge in [-0.1, -0.05) is 81.4 Å². The van der Waals surface area contributed by atoms with Gasteiger partial charge in [0.15, 0.2) is 0 Å². The number of carbonyl (C=O) groups is 1. The molecule has 0 aliphatic rings. The second-order valence-electron chi connectivity index (χ2n) is 7.27. The van der Waals surface area contributed by atoms with Crippen LogP contribution in [-0.2, 0) is 14.0 Å². The van der Waals surface area contributed by atoms with Gasteiger partial charge in [0.25, 0.3) is 8.32 Å². The van der Waals surface area contributed by atoms with E-state index in [4.69, 9.17) is 14.3 Å². The van der Waals surface area contributed by atoms with Crippen molar-refractivity contribution in [3.05, 3.63) is 60.7 Å². The fraction of sp³-hybridized carbons (Fsp3) is 0.381. The van der Waals surface area contributed by atoms with Crippen molar-refractivity contribution in [1.29, 1.82) is 0 Å². The molecule has 4 nitrogen and oxygen atoms in total. The zero-order valence-corrected chi connectivity index (χ0v) is 16.8. The average Bonchev–Trinajstić information content (AvgIpc) is 2.61. The number of carboxylic acid groups (broad SMARTS) is 1. The zero-order valence-electron chi connectivity index (χ0n) is 15.8. The van der Waals surface area contributed by atoms with Crippen LogP contribution in [0.5, 0.6) is 0 Å². The van der Waals surface area contributed by atoms with Crippen molar-refractivity contribution in [3.8, 4) is 0 Å². The number of hydrogen-bond donors (Lipinski definition) is 1. The van der Waals surface area contributed by atoms with Crippen LogP contribution in [0.2, 0.25) is 5.04 Å². The van der Waals surface area contributed by atoms with Crippen molar-refractivity contribution in [3.63, 3.8) is 0 Å². The van der Waals surface area contributed by atoms with Crippen molar-refractivity contribution in [2.45, 2.75) is 32.2 Å². The molecule has 0 unspecified atom stereocenters. The SMILES string of the molecule is CC(C)(C)[Si](OCCOCCC(=O)O)(c1ccccc1)c1ccccc1. The van der Waals surface area contributed by atoms with Gasteiger partial charge >= 0.3 is 5.97 Å². The molecule has 0 heterocycles. The third-order valence-corrected chi connectivity index (χ3v) is 9.47. The Kier molecular flexibility index (Phi) is 7.14. The lowest BCUT2D eigenvalue weighted by molar-refractivity contribution is -0.138. The molecule has 0 amide bonds. The monoisotopic (exact) mass is 372 g/mol. The van der Waals surface area contributed by atoms with Gasteiger partial charge in [0, 0.05) is 0 Å². The Hall–Kier alpha value is -1.95. The van der Waals surface area contributed by atoms with Crippen LogP contribution >= 0.6 is 0 Å². The highest BCUT2D eigenvalue weighted by Gasteiger charge is 2.49. The maximum absolute atomic E-state index is 10.6. The maximum Gasteiger partial charge on any atom is 0.305 e. The van der Waals surface area contributed by atoms with E-state index in [2.05, 4.69) is 69.3 Å². The average molecular weight is 373 g/mol. The van der Waals surface area contributed by atoms with E-state index in [0.717, 1.165) is 0 Å². The van der Waals surface area contributed by atoms with Crippen LogP contribution in [0.4, 0.5) is 0 Å². The van der Waals surface area contributed by atoms with E-state index < -0.39 is 14.3 Å². The van der Waals surface area contributed by atoms with Gasteiger partial charge in [-0.25, -0.2) is 0 Å². The fourth-order valence-electron chi connectivity index (χ4n) is 3.28. The summed E-state index contributed by atoms with van der Waals surface area (Å²) in [5, 5.41) is 11.1. The molecule has 140 valence electrons. The lowest BCUT2D eigenvalue weighted by atomic mass is 10.2. The summed E-state index contributed by atoms with van der Waals surface area (Å²) in [6.07, 6.45) is 0.0131. The molecule has 2 aromatic rings. The Morgan fingerprint density at radius 2 is 1.38 bits per heavy atom. The first kappa shape index (κ1) is 20.4. The molecule has 1 N–H and O–H groups in total. The van der Waals surface area contributed by atoms with Gasteiger partial charge in [0.05, 0.1) is 26.2 Å². The van der Waals surface area contributed by atoms with Gasteiger partial charge < -0.3 is 14.3 Å². The normalized spacial score (nSPS) is 12.1. The van der Waals surface area contributed by atoms with E-state index in [9.17, 15) is 4.79 Å². The highest BCUT2D eigenvalue weighted by Crippen LogP contribution is 2.36. The van der Waals surface area contributed by atoms with E-state index in [1.54, 1.807) is 0 Å². The third kappa shape index (κ3) is 4.81. The minimum Gasteiger partial charge on any atom is -0.481 e. The van der Waals surface area contributed by atoms with Crippen LogP contribution < -0.4 is 10.4 Å². The van der Waals surface area contributed by atoms with Crippen LogP contribution in [0.1, 0.15) is 27.2 Å². The molecule has 0 atom stereocenters. The first-order valence-corrected chi connectivity index (χ1v) is 10.8. The number of carboxylic acids is 1. The third-order valence-electron chi connectivity index (χ3n) is 4.42. The van der Waals surface area contributed by atoms with E-state index >= 15 is 0 Å². The molecule has 5 heteroatoms. The van der Waals surface area contributed by atoms with Crippen molar-refractivity contribution < 1.29 is 19.1 Å². The minimum atomic E-state index is -2.53. The van der Waals surface area contributed by atoms with Crippen molar-refractivity contribution in [2.75, 3.05) is 19.8 Å². The Morgan fingerprint density at radius 1 is 0.885 bits per heavy atom. The predicted molar refractivity (Wildman–Crippen MR) is 107 cm³/mol. The standard InChI is InChI=1S/C21H28O4Si/c1-21(2,3)26(18-10-6-4-7-11-18,19-12-8-5-9-13-19)25-17-16-24-15-14-20(22)23/h4-13H,14-17H2,1-3H3,(H,22,23). The Morgan fingerprint density at radius 3 is 1.81 bits per heavy atom. The quantitative estimate of drug-likeness (QED) is 0.543. The largest absolute Gasteiger partial charge is 0.481 e. The second kappa shape index (κ2) is 9.12. The number of ether oxygens (including phenoxy) is 1. The lowest BCUT2D eigenvalue weighted by Gasteiger charge is -2.43. The highest BCUT2D eigenvalue weighted by molar-refractivity contribution is 6.99. The van der Waals surface area contributed by atoms with Crippen LogP contribution in [0.25, 0.3) is 0 Å². The number of hydrogen-bond acceptors (Lipinski definition) is 3. The van der Waals surface area contributed by atoms with Gasteiger partial charge in [-0.3, -0.25) is 4.79 Å². The highest BCUT2D eigenvalue weighted by atomic mass is 28.4. The van der Waals surface area contributed by atoms with E-state index in [1.807, 2.05) is 12.1 Å². The lowest BCUT2D eigenvalue weighted by Crippen LogP contribution is -2.66. The smallest absolute Gasteiger partial charge is 0.305 e. The van der Waals surface area contributed by atoms with Gasteiger partial charge in [-0.15, -0.1) is 0 Å². The second-order valence-corrected chi connectivity index (χ2v) is 11.6. The first-order chi connectivity index (χ1) is 12.4. The minimum absolute atomic E-state index is 0.0131. The number of rotatable bonds is 9. The van der Waals surface area contributed by atoms with Crippen molar-refractivity contribution in [2.24, 2.45) is 0 Å². The molecule has 0 aliphatic heterocycles. The first-order valence-electron chi connectivity index (χ1n) is 8.92. The van der Waals surface area contributed by atoms with Crippen LogP contribution in [0.15, 0.2) is 60.7 Å². The molecule has 0 aliphatic carbocycles. The van der Waals surface area contributed by atoms with Crippen LogP contribution in [-0.4, -0.2) is 39.2 Å². The summed E-state index contributed by atoms with van der Waals surface area (Å²) in [5.41, 5.74) is 0. The van der Waals surface area contributed by atoms with Gasteiger partial charge in [-0.05, 0) is 15.4 Å². The maximum atomic E-state index is 10.6. The summed E-state index contributed by atoms with van der Waals surface area (Å²) in [7, 11) is -2.53. The Bertz CT molecular complexity index is 641. The van der Waals surface area contributed by atoms with E-state index in [0.29, 0.717) is 13.2 Å². The summed E-state index contributed by atoms with van der Waals surface area (Å²) in [6, 6.07) is 20.8. The van der Waals surface area contributed by atoms with E-state index in [-0.39, 0.29) is 18.1 Å². The molecule has 2 aromatic carbocycles. The zero-order chi connectivity index (χ0) is 19.0. The Labute approximate surface area is 156 Å². The van der Waals surface area contributed by atoms with Crippen LogP contribution in [0.3, 0.4) is 0 Å². The molecule has 0 fully saturated rings. The Balaban J connectivity index is 2.28. The van der Waals surface area contributed by atoms with E-state index in [1.165, 1.54) is 10.4 Å². The van der Waals surface area contributed by atoms with Crippen molar-refractivity contribution in [1.82, 2.24) is 0 Å². The summed E-state index contributed by atoms with van der Waals surface area (Å²) >= 11 is 0. The molecule has 0 aromatic heterocycles. The molecule has 0 saturated heterocycles. The van der Waals surface area contributed by atoms with Crippen LogP contribution in [0, 0.1) is 0 Å². The molecule has 2 rings (SSSR count). The summed E-state index contributed by atoms with van der Waals surface area (Å²) in [5.74, 6) is -0.849.